The molecule has 0 unspecified atom stereocenters. The van der Waals surface area contributed by atoms with Crippen molar-refractivity contribution in [3.63, 3.8) is 0 Å². The van der Waals surface area contributed by atoms with E-state index >= 15 is 0 Å². The van der Waals surface area contributed by atoms with Crippen LogP contribution in [0.25, 0.3) is 0 Å². The van der Waals surface area contributed by atoms with Crippen LogP contribution < -0.4 is 5.32 Å². The zero-order valence-electron chi connectivity index (χ0n) is 11.8. The highest BCUT2D eigenvalue weighted by molar-refractivity contribution is 5.21. The van der Waals surface area contributed by atoms with Crippen LogP contribution in [0, 0.1) is 6.92 Å². The van der Waals surface area contributed by atoms with Crippen LogP contribution in [-0.2, 0) is 6.54 Å². The Hall–Kier alpha value is -0.860. The molecular weight excluding hydrogens is 220 g/mol. The molecule has 1 atom stereocenters. The smallest absolute Gasteiger partial charge is 0.0208 e. The van der Waals surface area contributed by atoms with E-state index in [1.54, 1.807) is 0 Å². The van der Waals surface area contributed by atoms with Crippen molar-refractivity contribution in [1.82, 2.24) is 10.2 Å². The normalized spacial score (nSPS) is 18.8. The van der Waals surface area contributed by atoms with Crippen molar-refractivity contribution in [1.29, 1.82) is 0 Å². The molecular formula is C16H26N2. The number of nitrogens with zero attached hydrogens (tertiary/aromatic N) is 1. The van der Waals surface area contributed by atoms with Gasteiger partial charge >= 0.3 is 0 Å². The fraction of sp³-hybridized carbons (Fsp3) is 0.625. The van der Waals surface area contributed by atoms with Crippen LogP contribution >= 0.6 is 0 Å². The maximum atomic E-state index is 3.62. The van der Waals surface area contributed by atoms with E-state index in [1.165, 1.54) is 50.0 Å². The average molecular weight is 246 g/mol. The molecule has 1 saturated heterocycles. The highest BCUT2D eigenvalue weighted by atomic mass is 15.1. The molecule has 0 spiro atoms. The van der Waals surface area contributed by atoms with Crippen LogP contribution in [0.1, 0.15) is 37.3 Å². The first kappa shape index (κ1) is 13.6. The summed E-state index contributed by atoms with van der Waals surface area (Å²) in [6.07, 6.45) is 4.18. The highest BCUT2D eigenvalue weighted by Crippen LogP contribution is 2.09. The van der Waals surface area contributed by atoms with Gasteiger partial charge in [-0.05, 0) is 45.3 Å². The van der Waals surface area contributed by atoms with Crippen molar-refractivity contribution < 1.29 is 0 Å². The fourth-order valence-electron chi connectivity index (χ4n) is 2.59. The van der Waals surface area contributed by atoms with Crippen LogP contribution in [-0.4, -0.2) is 30.6 Å². The Bertz CT molecular complexity index is 339. The standard InChI is InChI=1S/C16H26N2/c1-14-6-8-16(9-7-14)12-17-15(2)13-18-10-4-3-5-11-18/h6-9,15,17H,3-5,10-13H2,1-2H3/t15-/m1/s1. The molecule has 1 aliphatic rings. The molecule has 1 fully saturated rings. The van der Waals surface area contributed by atoms with E-state index < -0.39 is 0 Å². The quantitative estimate of drug-likeness (QED) is 0.859. The second-order valence-electron chi connectivity index (χ2n) is 5.63. The Kier molecular flexibility index (Phi) is 5.21. The number of aryl methyl sites for hydroxylation is 1. The summed E-state index contributed by atoms with van der Waals surface area (Å²) in [5, 5.41) is 3.62. The van der Waals surface area contributed by atoms with Crippen molar-refractivity contribution >= 4 is 0 Å². The van der Waals surface area contributed by atoms with Crippen molar-refractivity contribution in [2.45, 2.75) is 45.7 Å². The topological polar surface area (TPSA) is 15.3 Å². The molecule has 0 bridgehead atoms. The summed E-state index contributed by atoms with van der Waals surface area (Å²) < 4.78 is 0. The van der Waals surface area contributed by atoms with Gasteiger partial charge in [0.05, 0.1) is 0 Å². The number of piperidine rings is 1. The molecule has 2 rings (SSSR count). The van der Waals surface area contributed by atoms with Gasteiger partial charge in [0.15, 0.2) is 0 Å². The number of likely N-dealkylation sites (tertiary alicyclic amines) is 1. The lowest BCUT2D eigenvalue weighted by atomic mass is 10.1. The van der Waals surface area contributed by atoms with Gasteiger partial charge in [-0.2, -0.15) is 0 Å². The summed E-state index contributed by atoms with van der Waals surface area (Å²) in [6.45, 7) is 9.17. The van der Waals surface area contributed by atoms with Gasteiger partial charge in [-0.15, -0.1) is 0 Å². The van der Waals surface area contributed by atoms with E-state index in [4.69, 9.17) is 0 Å². The van der Waals surface area contributed by atoms with Gasteiger partial charge in [-0.25, -0.2) is 0 Å². The van der Waals surface area contributed by atoms with E-state index in [0.29, 0.717) is 6.04 Å². The monoisotopic (exact) mass is 246 g/mol. The lowest BCUT2D eigenvalue weighted by molar-refractivity contribution is 0.209. The molecule has 1 aliphatic heterocycles. The van der Waals surface area contributed by atoms with Crippen LogP contribution in [0.4, 0.5) is 0 Å². The summed E-state index contributed by atoms with van der Waals surface area (Å²) in [6, 6.07) is 9.38. The van der Waals surface area contributed by atoms with Gasteiger partial charge in [0.1, 0.15) is 0 Å². The minimum absolute atomic E-state index is 0.574. The minimum Gasteiger partial charge on any atom is -0.309 e. The maximum absolute atomic E-state index is 3.62. The lowest BCUT2D eigenvalue weighted by Crippen LogP contribution is -2.41. The molecule has 2 heteroatoms. The number of rotatable bonds is 5. The van der Waals surface area contributed by atoms with Crippen LogP contribution in [0.5, 0.6) is 0 Å². The predicted molar refractivity (Wildman–Crippen MR) is 77.8 cm³/mol. The van der Waals surface area contributed by atoms with Crippen molar-refractivity contribution in [3.05, 3.63) is 35.4 Å². The van der Waals surface area contributed by atoms with E-state index in [0.717, 1.165) is 6.54 Å². The fourth-order valence-corrected chi connectivity index (χ4v) is 2.59. The highest BCUT2D eigenvalue weighted by Gasteiger charge is 2.12. The second-order valence-corrected chi connectivity index (χ2v) is 5.63. The molecule has 0 aliphatic carbocycles. The Morgan fingerprint density at radius 3 is 2.44 bits per heavy atom. The largest absolute Gasteiger partial charge is 0.309 e. The van der Waals surface area contributed by atoms with Gasteiger partial charge in [-0.1, -0.05) is 36.2 Å². The number of hydrogen-bond acceptors (Lipinski definition) is 2. The minimum atomic E-state index is 0.574. The first-order valence-electron chi connectivity index (χ1n) is 7.25. The van der Waals surface area contributed by atoms with E-state index in [9.17, 15) is 0 Å². The zero-order chi connectivity index (χ0) is 12.8. The van der Waals surface area contributed by atoms with Gasteiger partial charge in [0.2, 0.25) is 0 Å². The summed E-state index contributed by atoms with van der Waals surface area (Å²) in [5.74, 6) is 0. The Balaban J connectivity index is 1.70. The van der Waals surface area contributed by atoms with Crippen molar-refractivity contribution in [2.24, 2.45) is 0 Å². The summed E-state index contributed by atoms with van der Waals surface area (Å²) >= 11 is 0. The zero-order valence-corrected chi connectivity index (χ0v) is 11.8. The molecule has 0 aromatic heterocycles. The lowest BCUT2D eigenvalue weighted by Gasteiger charge is -2.29. The summed E-state index contributed by atoms with van der Waals surface area (Å²) in [4.78, 5) is 2.59. The molecule has 1 aromatic rings. The molecule has 1 N–H and O–H groups in total. The molecule has 2 nitrogen and oxygen atoms in total. The molecule has 1 aromatic carbocycles. The van der Waals surface area contributed by atoms with Gasteiger partial charge in [0.25, 0.3) is 0 Å². The van der Waals surface area contributed by atoms with E-state index in [2.05, 4.69) is 48.3 Å². The van der Waals surface area contributed by atoms with Gasteiger partial charge in [-0.3, -0.25) is 0 Å². The van der Waals surface area contributed by atoms with Crippen molar-refractivity contribution in [3.8, 4) is 0 Å². The summed E-state index contributed by atoms with van der Waals surface area (Å²) in [7, 11) is 0. The number of benzene rings is 1. The SMILES string of the molecule is Cc1ccc(CN[C@H](C)CN2CCCCC2)cc1. The average Bonchev–Trinajstić information content (AvgIpc) is 2.39. The van der Waals surface area contributed by atoms with Crippen LogP contribution in [0.2, 0.25) is 0 Å². The number of hydrogen-bond donors (Lipinski definition) is 1. The molecule has 0 saturated carbocycles. The Labute approximate surface area is 111 Å². The Morgan fingerprint density at radius 2 is 1.78 bits per heavy atom. The molecule has 18 heavy (non-hydrogen) atoms. The molecule has 0 radical (unpaired) electrons. The third-order valence-corrected chi connectivity index (χ3v) is 3.76. The van der Waals surface area contributed by atoms with Crippen LogP contribution in [0.15, 0.2) is 24.3 Å². The maximum Gasteiger partial charge on any atom is 0.0208 e. The van der Waals surface area contributed by atoms with E-state index in [1.807, 2.05) is 0 Å². The first-order chi connectivity index (χ1) is 8.74. The molecule has 1 heterocycles. The Morgan fingerprint density at radius 1 is 1.11 bits per heavy atom. The first-order valence-corrected chi connectivity index (χ1v) is 7.25. The van der Waals surface area contributed by atoms with E-state index in [-0.39, 0.29) is 0 Å². The number of nitrogens with one attached hydrogen (secondary N) is 1. The third-order valence-electron chi connectivity index (χ3n) is 3.76. The predicted octanol–water partition coefficient (Wildman–Crippen LogP) is 2.96. The molecule has 100 valence electrons. The second kappa shape index (κ2) is 6.91. The van der Waals surface area contributed by atoms with Gasteiger partial charge < -0.3 is 10.2 Å². The van der Waals surface area contributed by atoms with Crippen LogP contribution in [0.3, 0.4) is 0 Å². The third kappa shape index (κ3) is 4.43. The van der Waals surface area contributed by atoms with Crippen molar-refractivity contribution in [2.75, 3.05) is 19.6 Å². The molecule has 0 amide bonds. The van der Waals surface area contributed by atoms with Gasteiger partial charge in [0, 0.05) is 19.1 Å². The summed E-state index contributed by atoms with van der Waals surface area (Å²) in [5.41, 5.74) is 2.71.